The number of nitrogens with one attached hydrogen (secondary N) is 1. The van der Waals surface area contributed by atoms with Crippen molar-refractivity contribution in [2.75, 3.05) is 5.75 Å². The van der Waals surface area contributed by atoms with E-state index in [1.54, 1.807) is 6.92 Å². The maximum absolute atomic E-state index is 11.3. The summed E-state index contributed by atoms with van der Waals surface area (Å²) in [5, 5.41) is 3.72. The largest absolute Gasteiger partial charge is 0.352 e. The van der Waals surface area contributed by atoms with Crippen LogP contribution in [0.2, 0.25) is 0 Å². The van der Waals surface area contributed by atoms with Crippen molar-refractivity contribution < 1.29 is 4.79 Å². The van der Waals surface area contributed by atoms with E-state index < -0.39 is 0 Å². The van der Waals surface area contributed by atoms with E-state index in [-0.39, 0.29) is 11.9 Å². The molecule has 82 valence electrons. The summed E-state index contributed by atoms with van der Waals surface area (Å²) in [6, 6.07) is -0.0228. The summed E-state index contributed by atoms with van der Waals surface area (Å²) in [7, 11) is 0. The van der Waals surface area contributed by atoms with Gasteiger partial charge in [0.25, 0.3) is 0 Å². The molecule has 1 aliphatic rings. The van der Waals surface area contributed by atoms with E-state index in [1.165, 1.54) is 12.2 Å². The maximum atomic E-state index is 11.3. The Balaban J connectivity index is 2.25. The number of carbonyl (C=O) groups is 1. The molecule has 0 bridgehead atoms. The summed E-state index contributed by atoms with van der Waals surface area (Å²) in [5.74, 6) is 1.15. The maximum Gasteiger partial charge on any atom is 0.236 e. The molecule has 0 spiro atoms. The molecule has 1 aliphatic carbocycles. The molecule has 0 radical (unpaired) electrons. The Morgan fingerprint density at radius 1 is 1.64 bits per heavy atom. The summed E-state index contributed by atoms with van der Waals surface area (Å²) in [4.78, 5) is 11.3. The first kappa shape index (κ1) is 11.9. The summed E-state index contributed by atoms with van der Waals surface area (Å²) < 4.78 is 0. The number of hydrogen-bond acceptors (Lipinski definition) is 3. The van der Waals surface area contributed by atoms with E-state index in [4.69, 9.17) is 5.73 Å². The first-order valence-corrected chi connectivity index (χ1v) is 6.36. The van der Waals surface area contributed by atoms with E-state index in [0.29, 0.717) is 6.04 Å². The molecule has 1 saturated carbocycles. The SMILES string of the molecule is CCSC1CCC(NC(=O)[C@H](C)N)C1. The molecular weight excluding hydrogens is 196 g/mol. The number of thioether (sulfide) groups is 1. The van der Waals surface area contributed by atoms with Crippen molar-refractivity contribution in [1.29, 1.82) is 0 Å². The van der Waals surface area contributed by atoms with Gasteiger partial charge in [0.1, 0.15) is 0 Å². The number of amides is 1. The third kappa shape index (κ3) is 3.50. The molecule has 3 nitrogen and oxygen atoms in total. The van der Waals surface area contributed by atoms with Gasteiger partial charge in [0.05, 0.1) is 6.04 Å². The van der Waals surface area contributed by atoms with Crippen molar-refractivity contribution in [2.24, 2.45) is 5.73 Å². The Kier molecular flexibility index (Phi) is 4.75. The van der Waals surface area contributed by atoms with Crippen molar-refractivity contribution in [3.8, 4) is 0 Å². The van der Waals surface area contributed by atoms with E-state index >= 15 is 0 Å². The lowest BCUT2D eigenvalue weighted by molar-refractivity contribution is -0.122. The van der Waals surface area contributed by atoms with Gasteiger partial charge in [0.15, 0.2) is 0 Å². The average molecular weight is 216 g/mol. The zero-order chi connectivity index (χ0) is 10.6. The topological polar surface area (TPSA) is 55.1 Å². The van der Waals surface area contributed by atoms with Crippen molar-refractivity contribution in [2.45, 2.75) is 50.4 Å². The predicted octanol–water partition coefficient (Wildman–Crippen LogP) is 1.12. The fraction of sp³-hybridized carbons (Fsp3) is 0.900. The van der Waals surface area contributed by atoms with Crippen LogP contribution in [-0.2, 0) is 4.79 Å². The van der Waals surface area contributed by atoms with Crippen LogP contribution in [0.4, 0.5) is 0 Å². The van der Waals surface area contributed by atoms with Crippen molar-refractivity contribution in [3.05, 3.63) is 0 Å². The molecule has 1 fully saturated rings. The van der Waals surface area contributed by atoms with Crippen LogP contribution in [0, 0.1) is 0 Å². The van der Waals surface area contributed by atoms with Gasteiger partial charge in [-0.1, -0.05) is 6.92 Å². The monoisotopic (exact) mass is 216 g/mol. The normalized spacial score (nSPS) is 28.8. The molecule has 1 amide bonds. The van der Waals surface area contributed by atoms with Crippen molar-refractivity contribution in [3.63, 3.8) is 0 Å². The lowest BCUT2D eigenvalue weighted by atomic mass is 10.2. The van der Waals surface area contributed by atoms with E-state index in [9.17, 15) is 4.79 Å². The second-order valence-electron chi connectivity index (χ2n) is 3.88. The van der Waals surface area contributed by atoms with Gasteiger partial charge in [0, 0.05) is 11.3 Å². The van der Waals surface area contributed by atoms with E-state index in [2.05, 4.69) is 12.2 Å². The minimum Gasteiger partial charge on any atom is -0.352 e. The highest BCUT2D eigenvalue weighted by molar-refractivity contribution is 7.99. The standard InChI is InChI=1S/C10H20N2OS/c1-3-14-9-5-4-8(6-9)12-10(13)7(2)11/h7-9H,3-6,11H2,1-2H3,(H,12,13)/t7-,8?,9?/m0/s1. The molecule has 0 aromatic carbocycles. The number of nitrogens with two attached hydrogens (primary N) is 1. The predicted molar refractivity (Wildman–Crippen MR) is 61.4 cm³/mol. The molecule has 4 heteroatoms. The molecule has 14 heavy (non-hydrogen) atoms. The number of carbonyl (C=O) groups excluding carboxylic acids is 1. The van der Waals surface area contributed by atoms with Crippen LogP contribution >= 0.6 is 11.8 Å². The molecule has 3 atom stereocenters. The highest BCUT2D eigenvalue weighted by atomic mass is 32.2. The molecule has 0 aliphatic heterocycles. The van der Waals surface area contributed by atoms with Crippen molar-refractivity contribution >= 4 is 17.7 Å². The Hall–Kier alpha value is -0.220. The van der Waals surface area contributed by atoms with Crippen LogP contribution in [0.5, 0.6) is 0 Å². The van der Waals surface area contributed by atoms with Crippen LogP contribution < -0.4 is 11.1 Å². The second-order valence-corrected chi connectivity index (χ2v) is 5.46. The zero-order valence-electron chi connectivity index (χ0n) is 8.95. The highest BCUT2D eigenvalue weighted by Crippen LogP contribution is 2.29. The molecule has 2 unspecified atom stereocenters. The first-order chi connectivity index (χ1) is 6.63. The Morgan fingerprint density at radius 2 is 2.36 bits per heavy atom. The lowest BCUT2D eigenvalue weighted by Gasteiger charge is -2.14. The van der Waals surface area contributed by atoms with Crippen LogP contribution in [0.15, 0.2) is 0 Å². The van der Waals surface area contributed by atoms with Gasteiger partial charge < -0.3 is 11.1 Å². The Morgan fingerprint density at radius 3 is 2.93 bits per heavy atom. The van der Waals surface area contributed by atoms with Gasteiger partial charge >= 0.3 is 0 Å². The number of hydrogen-bond donors (Lipinski definition) is 2. The summed E-state index contributed by atoms with van der Waals surface area (Å²) in [5.41, 5.74) is 5.49. The Labute approximate surface area is 90.2 Å². The van der Waals surface area contributed by atoms with Gasteiger partial charge in [-0.2, -0.15) is 11.8 Å². The molecular formula is C10H20N2OS. The van der Waals surface area contributed by atoms with Gasteiger partial charge in [-0.05, 0) is 31.9 Å². The molecule has 1 rings (SSSR count). The zero-order valence-corrected chi connectivity index (χ0v) is 9.77. The summed E-state index contributed by atoms with van der Waals surface area (Å²) >= 11 is 2.00. The Bertz CT molecular complexity index is 197. The summed E-state index contributed by atoms with van der Waals surface area (Å²) in [6.45, 7) is 3.90. The smallest absolute Gasteiger partial charge is 0.236 e. The highest BCUT2D eigenvalue weighted by Gasteiger charge is 2.26. The van der Waals surface area contributed by atoms with Crippen LogP contribution in [0.25, 0.3) is 0 Å². The third-order valence-electron chi connectivity index (χ3n) is 2.55. The van der Waals surface area contributed by atoms with Crippen LogP contribution in [0.3, 0.4) is 0 Å². The molecule has 3 N–H and O–H groups in total. The lowest BCUT2D eigenvalue weighted by Crippen LogP contribution is -2.43. The third-order valence-corrected chi connectivity index (χ3v) is 3.78. The summed E-state index contributed by atoms with van der Waals surface area (Å²) in [6.07, 6.45) is 3.44. The van der Waals surface area contributed by atoms with E-state index in [0.717, 1.165) is 18.1 Å². The number of rotatable bonds is 4. The second kappa shape index (κ2) is 5.61. The van der Waals surface area contributed by atoms with Gasteiger partial charge in [-0.3, -0.25) is 4.79 Å². The van der Waals surface area contributed by atoms with E-state index in [1.807, 2.05) is 11.8 Å². The van der Waals surface area contributed by atoms with Crippen molar-refractivity contribution in [1.82, 2.24) is 5.32 Å². The average Bonchev–Trinajstić information content (AvgIpc) is 2.53. The first-order valence-electron chi connectivity index (χ1n) is 5.31. The molecule has 0 heterocycles. The quantitative estimate of drug-likeness (QED) is 0.740. The van der Waals surface area contributed by atoms with Gasteiger partial charge in [-0.25, -0.2) is 0 Å². The van der Waals surface area contributed by atoms with Gasteiger partial charge in [-0.15, -0.1) is 0 Å². The molecule has 0 aromatic rings. The fourth-order valence-electron chi connectivity index (χ4n) is 1.79. The van der Waals surface area contributed by atoms with Crippen LogP contribution in [-0.4, -0.2) is 29.0 Å². The molecule has 0 saturated heterocycles. The minimum absolute atomic E-state index is 0.0165. The van der Waals surface area contributed by atoms with Gasteiger partial charge in [0.2, 0.25) is 5.91 Å². The minimum atomic E-state index is -0.382. The molecule has 0 aromatic heterocycles. The van der Waals surface area contributed by atoms with Crippen LogP contribution in [0.1, 0.15) is 33.1 Å². The fourth-order valence-corrected chi connectivity index (χ4v) is 2.93.